The second kappa shape index (κ2) is 4.28. The van der Waals surface area contributed by atoms with E-state index in [1.165, 1.54) is 12.8 Å². The minimum atomic E-state index is -0.0107. The summed E-state index contributed by atoms with van der Waals surface area (Å²) in [5.74, 6) is 0.644. The van der Waals surface area contributed by atoms with Crippen molar-refractivity contribution in [3.05, 3.63) is 23.8 Å². The van der Waals surface area contributed by atoms with E-state index in [4.69, 9.17) is 11.5 Å². The molecule has 2 rings (SSSR count). The van der Waals surface area contributed by atoms with Gasteiger partial charge in [-0.3, -0.25) is 4.79 Å². The Morgan fingerprint density at radius 1 is 1.29 bits per heavy atom. The summed E-state index contributed by atoms with van der Waals surface area (Å²) in [6.07, 6.45) is 2.44. The number of amides is 1. The van der Waals surface area contributed by atoms with Gasteiger partial charge in [0.2, 0.25) is 0 Å². The Kier molecular flexibility index (Phi) is 2.96. The van der Waals surface area contributed by atoms with Gasteiger partial charge in [-0.15, -0.1) is 0 Å². The number of nitrogens with zero attached hydrogens (tertiary/aromatic N) is 1. The molecule has 1 amide bonds. The maximum atomic E-state index is 12.2. The molecule has 92 valence electrons. The van der Waals surface area contributed by atoms with E-state index in [-0.39, 0.29) is 11.9 Å². The number of nitrogen functional groups attached to an aromatic ring is 2. The lowest BCUT2D eigenvalue weighted by atomic mass is 10.1. The molecule has 1 aliphatic rings. The number of anilines is 2. The van der Waals surface area contributed by atoms with Crippen LogP contribution >= 0.6 is 0 Å². The van der Waals surface area contributed by atoms with Crippen LogP contribution in [0.15, 0.2) is 18.2 Å². The lowest BCUT2D eigenvalue weighted by molar-refractivity contribution is 0.0727. The molecule has 4 heteroatoms. The molecule has 0 bridgehead atoms. The van der Waals surface area contributed by atoms with Crippen LogP contribution in [-0.2, 0) is 0 Å². The van der Waals surface area contributed by atoms with E-state index in [1.807, 2.05) is 7.05 Å². The maximum Gasteiger partial charge on any atom is 0.253 e. The Morgan fingerprint density at radius 2 is 1.82 bits per heavy atom. The molecule has 1 unspecified atom stereocenters. The summed E-state index contributed by atoms with van der Waals surface area (Å²) in [7, 11) is 1.84. The average Bonchev–Trinajstić information content (AvgIpc) is 3.08. The van der Waals surface area contributed by atoms with Crippen LogP contribution < -0.4 is 11.5 Å². The lowest BCUT2D eigenvalue weighted by Crippen LogP contribution is -2.36. The van der Waals surface area contributed by atoms with Crippen molar-refractivity contribution >= 4 is 17.3 Å². The molecule has 1 fully saturated rings. The standard InChI is InChI=1S/C13H19N3O/c1-8(9-3-4-9)16(2)13(17)10-5-11(14)7-12(15)6-10/h5-9H,3-4,14-15H2,1-2H3. The minimum Gasteiger partial charge on any atom is -0.399 e. The van der Waals surface area contributed by atoms with Crippen molar-refractivity contribution in [3.8, 4) is 0 Å². The first-order chi connectivity index (χ1) is 7.99. The first-order valence-electron chi connectivity index (χ1n) is 5.92. The van der Waals surface area contributed by atoms with Crippen molar-refractivity contribution in [1.82, 2.24) is 4.90 Å². The van der Waals surface area contributed by atoms with Crippen LogP contribution in [0.4, 0.5) is 11.4 Å². The number of rotatable bonds is 3. The molecule has 1 aromatic rings. The highest BCUT2D eigenvalue weighted by Crippen LogP contribution is 2.35. The molecular weight excluding hydrogens is 214 g/mol. The van der Waals surface area contributed by atoms with Gasteiger partial charge in [0.1, 0.15) is 0 Å². The Balaban J connectivity index is 2.17. The summed E-state index contributed by atoms with van der Waals surface area (Å²) in [6.45, 7) is 2.09. The summed E-state index contributed by atoms with van der Waals surface area (Å²) < 4.78 is 0. The quantitative estimate of drug-likeness (QED) is 0.781. The van der Waals surface area contributed by atoms with Crippen LogP contribution in [-0.4, -0.2) is 23.9 Å². The van der Waals surface area contributed by atoms with E-state index in [2.05, 4.69) is 6.92 Å². The van der Waals surface area contributed by atoms with E-state index in [0.717, 1.165) is 0 Å². The highest BCUT2D eigenvalue weighted by Gasteiger charge is 2.32. The van der Waals surface area contributed by atoms with Gasteiger partial charge in [0.05, 0.1) is 0 Å². The monoisotopic (exact) mass is 233 g/mol. The number of benzene rings is 1. The van der Waals surface area contributed by atoms with Gasteiger partial charge in [-0.2, -0.15) is 0 Å². The zero-order valence-corrected chi connectivity index (χ0v) is 10.3. The van der Waals surface area contributed by atoms with Gasteiger partial charge < -0.3 is 16.4 Å². The third-order valence-electron chi connectivity index (χ3n) is 3.46. The van der Waals surface area contributed by atoms with Crippen LogP contribution in [0.25, 0.3) is 0 Å². The van der Waals surface area contributed by atoms with Gasteiger partial charge in [-0.05, 0) is 43.9 Å². The van der Waals surface area contributed by atoms with E-state index < -0.39 is 0 Å². The van der Waals surface area contributed by atoms with Crippen LogP contribution in [0.1, 0.15) is 30.1 Å². The highest BCUT2D eigenvalue weighted by atomic mass is 16.2. The fourth-order valence-corrected chi connectivity index (χ4v) is 2.08. The third kappa shape index (κ3) is 2.52. The van der Waals surface area contributed by atoms with Gasteiger partial charge in [0.25, 0.3) is 5.91 Å². The molecule has 0 aliphatic heterocycles. The van der Waals surface area contributed by atoms with Gasteiger partial charge in [0.15, 0.2) is 0 Å². The van der Waals surface area contributed by atoms with E-state index >= 15 is 0 Å². The average molecular weight is 233 g/mol. The first-order valence-corrected chi connectivity index (χ1v) is 5.92. The van der Waals surface area contributed by atoms with Crippen LogP contribution in [0.2, 0.25) is 0 Å². The fourth-order valence-electron chi connectivity index (χ4n) is 2.08. The zero-order valence-electron chi connectivity index (χ0n) is 10.3. The molecule has 0 saturated heterocycles. The van der Waals surface area contributed by atoms with E-state index in [1.54, 1.807) is 23.1 Å². The van der Waals surface area contributed by atoms with Crippen molar-refractivity contribution in [2.75, 3.05) is 18.5 Å². The molecule has 1 saturated carbocycles. The predicted octanol–water partition coefficient (Wildman–Crippen LogP) is 1.72. The molecular formula is C13H19N3O. The van der Waals surface area contributed by atoms with Gasteiger partial charge >= 0.3 is 0 Å². The summed E-state index contributed by atoms with van der Waals surface area (Å²) in [6, 6.07) is 5.29. The normalized spacial score (nSPS) is 16.6. The maximum absolute atomic E-state index is 12.2. The first kappa shape index (κ1) is 11.8. The molecule has 4 nitrogen and oxygen atoms in total. The molecule has 0 radical (unpaired) electrons. The SMILES string of the molecule is CC(C1CC1)N(C)C(=O)c1cc(N)cc(N)c1. The number of carbonyl (C=O) groups is 1. The van der Waals surface area contributed by atoms with Crippen LogP contribution in [0.3, 0.4) is 0 Å². The molecule has 1 atom stereocenters. The van der Waals surface area contributed by atoms with E-state index in [9.17, 15) is 4.79 Å². The number of hydrogen-bond donors (Lipinski definition) is 2. The Bertz CT molecular complexity index is 420. The summed E-state index contributed by atoms with van der Waals surface area (Å²) in [4.78, 5) is 14.0. The molecule has 17 heavy (non-hydrogen) atoms. The fraction of sp³-hybridized carbons (Fsp3) is 0.462. The molecule has 0 spiro atoms. The van der Waals surface area contributed by atoms with Crippen LogP contribution in [0, 0.1) is 5.92 Å². The van der Waals surface area contributed by atoms with Crippen molar-refractivity contribution in [2.45, 2.75) is 25.8 Å². The third-order valence-corrected chi connectivity index (χ3v) is 3.46. The van der Waals surface area contributed by atoms with Gasteiger partial charge in [-0.1, -0.05) is 0 Å². The Morgan fingerprint density at radius 3 is 2.29 bits per heavy atom. The van der Waals surface area contributed by atoms with Crippen molar-refractivity contribution in [2.24, 2.45) is 5.92 Å². The molecule has 0 heterocycles. The second-order valence-corrected chi connectivity index (χ2v) is 4.88. The molecule has 0 aromatic heterocycles. The predicted molar refractivity (Wildman–Crippen MR) is 69.5 cm³/mol. The minimum absolute atomic E-state index is 0.0107. The largest absolute Gasteiger partial charge is 0.399 e. The Hall–Kier alpha value is -1.71. The highest BCUT2D eigenvalue weighted by molar-refractivity contribution is 5.96. The number of nitrogens with two attached hydrogens (primary N) is 2. The molecule has 4 N–H and O–H groups in total. The second-order valence-electron chi connectivity index (χ2n) is 4.88. The van der Waals surface area contributed by atoms with Crippen molar-refractivity contribution in [1.29, 1.82) is 0 Å². The summed E-state index contributed by atoms with van der Waals surface area (Å²) in [5.41, 5.74) is 13.0. The summed E-state index contributed by atoms with van der Waals surface area (Å²) in [5, 5.41) is 0. The lowest BCUT2D eigenvalue weighted by Gasteiger charge is -2.25. The Labute approximate surface area is 102 Å². The number of hydrogen-bond acceptors (Lipinski definition) is 3. The van der Waals surface area contributed by atoms with Crippen molar-refractivity contribution in [3.63, 3.8) is 0 Å². The molecule has 1 aliphatic carbocycles. The van der Waals surface area contributed by atoms with E-state index in [0.29, 0.717) is 22.9 Å². The van der Waals surface area contributed by atoms with Gasteiger partial charge in [0, 0.05) is 30.0 Å². The zero-order chi connectivity index (χ0) is 12.6. The molecule has 1 aromatic carbocycles. The van der Waals surface area contributed by atoms with Crippen LogP contribution in [0.5, 0.6) is 0 Å². The number of carbonyl (C=O) groups excluding carboxylic acids is 1. The van der Waals surface area contributed by atoms with Crippen molar-refractivity contribution < 1.29 is 4.79 Å². The smallest absolute Gasteiger partial charge is 0.253 e. The van der Waals surface area contributed by atoms with Gasteiger partial charge in [-0.25, -0.2) is 0 Å². The summed E-state index contributed by atoms with van der Waals surface area (Å²) >= 11 is 0. The topological polar surface area (TPSA) is 72.3 Å².